The number of hydrogen-bond acceptors (Lipinski definition) is 4. The van der Waals surface area contributed by atoms with Crippen LogP contribution < -0.4 is 9.80 Å². The maximum atomic E-state index is 7.38. The Balaban J connectivity index is 0.00000162. The van der Waals surface area contributed by atoms with E-state index in [2.05, 4.69) is 42.9 Å². The lowest BCUT2D eigenvalue weighted by atomic mass is 10.00. The average Bonchev–Trinajstić information content (AvgIpc) is 2.62. The van der Waals surface area contributed by atoms with Crippen LogP contribution in [0.3, 0.4) is 0 Å². The lowest BCUT2D eigenvalue weighted by molar-refractivity contribution is -0.766. The molecule has 0 unspecified atom stereocenters. The van der Waals surface area contributed by atoms with Gasteiger partial charge in [-0.1, -0.05) is 0 Å². The summed E-state index contributed by atoms with van der Waals surface area (Å²) in [6.45, 7) is 11.7. The molecular weight excluding hydrogens is 289 g/mol. The van der Waals surface area contributed by atoms with Crippen LogP contribution in [-0.2, 0) is 0 Å². The van der Waals surface area contributed by atoms with E-state index in [1.807, 2.05) is 0 Å². The molecule has 0 aromatic carbocycles. The van der Waals surface area contributed by atoms with Crippen molar-refractivity contribution in [3.63, 3.8) is 0 Å². The molecule has 1 aromatic heterocycles. The maximum absolute atomic E-state index is 7.38. The Morgan fingerprint density at radius 1 is 1.37 bits per heavy atom. The second kappa shape index (κ2) is 6.63. The topological polar surface area (TPSA) is 60.2 Å². The SMILES string of the molecule is CC(C)N1CCN([n+]2cc([NH-])on2)C(C)(C)C1.Cl.Cl. The van der Waals surface area contributed by atoms with Gasteiger partial charge >= 0.3 is 0 Å². The Hall–Kier alpha value is -0.720. The molecule has 0 spiro atoms. The third-order valence-corrected chi connectivity index (χ3v) is 3.32. The summed E-state index contributed by atoms with van der Waals surface area (Å²) in [5, 5.41) is 6.01. The molecular formula is C11H23Cl2N5O. The van der Waals surface area contributed by atoms with Crippen molar-refractivity contribution in [2.24, 2.45) is 0 Å². The molecule has 0 radical (unpaired) electrons. The van der Waals surface area contributed by atoms with Crippen molar-refractivity contribution in [2.75, 3.05) is 24.6 Å². The normalized spacial score (nSPS) is 18.9. The van der Waals surface area contributed by atoms with Crippen LogP contribution in [0.2, 0.25) is 0 Å². The van der Waals surface area contributed by atoms with Crippen molar-refractivity contribution < 1.29 is 9.31 Å². The summed E-state index contributed by atoms with van der Waals surface area (Å²) in [5.74, 6) is 0.0899. The summed E-state index contributed by atoms with van der Waals surface area (Å²) in [5.41, 5.74) is 7.37. The van der Waals surface area contributed by atoms with E-state index in [0.717, 1.165) is 19.6 Å². The summed E-state index contributed by atoms with van der Waals surface area (Å²) >= 11 is 0. The van der Waals surface area contributed by atoms with Crippen LogP contribution in [0.1, 0.15) is 27.7 Å². The van der Waals surface area contributed by atoms with E-state index in [9.17, 15) is 0 Å². The Kier molecular flexibility index (Phi) is 6.38. The number of rotatable bonds is 2. The van der Waals surface area contributed by atoms with Crippen LogP contribution in [0.4, 0.5) is 5.88 Å². The highest BCUT2D eigenvalue weighted by molar-refractivity contribution is 5.85. The van der Waals surface area contributed by atoms with Crippen molar-refractivity contribution in [3.8, 4) is 0 Å². The van der Waals surface area contributed by atoms with Gasteiger partial charge in [0.25, 0.3) is 6.20 Å². The van der Waals surface area contributed by atoms with Gasteiger partial charge in [-0.05, 0) is 27.7 Å². The predicted octanol–water partition coefficient (Wildman–Crippen LogP) is 1.93. The summed E-state index contributed by atoms with van der Waals surface area (Å²) in [4.78, 5) is 4.11. The molecule has 1 aliphatic heterocycles. The third kappa shape index (κ3) is 3.87. The quantitative estimate of drug-likeness (QED) is 0.783. The van der Waals surface area contributed by atoms with E-state index >= 15 is 0 Å². The number of nitrogens with zero attached hydrogens (tertiary/aromatic N) is 4. The zero-order chi connectivity index (χ0) is 12.6. The van der Waals surface area contributed by atoms with Crippen LogP contribution >= 0.6 is 24.8 Å². The molecule has 0 bridgehead atoms. The maximum Gasteiger partial charge on any atom is 0.256 e. The van der Waals surface area contributed by atoms with E-state index in [0.29, 0.717) is 6.04 Å². The van der Waals surface area contributed by atoms with E-state index < -0.39 is 0 Å². The van der Waals surface area contributed by atoms with Crippen molar-refractivity contribution in [3.05, 3.63) is 11.9 Å². The molecule has 0 saturated carbocycles. The molecule has 0 aliphatic carbocycles. The Labute approximate surface area is 126 Å². The molecule has 2 rings (SSSR count). The Bertz CT molecular complexity index is 396. The third-order valence-electron chi connectivity index (χ3n) is 3.32. The van der Waals surface area contributed by atoms with Gasteiger partial charge in [-0.15, -0.1) is 29.8 Å². The first-order chi connectivity index (χ1) is 7.90. The summed E-state index contributed by atoms with van der Waals surface area (Å²) in [7, 11) is 0. The molecule has 1 N–H and O–H groups in total. The highest BCUT2D eigenvalue weighted by Gasteiger charge is 2.41. The number of hydrogen-bond donors (Lipinski definition) is 0. The van der Waals surface area contributed by atoms with Crippen molar-refractivity contribution in [1.82, 2.24) is 10.2 Å². The second-order valence-corrected chi connectivity index (χ2v) is 5.49. The highest BCUT2D eigenvalue weighted by Crippen LogP contribution is 2.18. The molecule has 1 aliphatic rings. The van der Waals surface area contributed by atoms with Gasteiger partial charge in [0, 0.05) is 19.1 Å². The standard InChI is InChI=1S/C11H21N5O.2ClH/c1-9(2)14-5-6-15(11(3,4)8-14)16-7-10(12)17-13-16;;/h7,9,12H,5-6,8H2,1-4H3;2*1H. The average molecular weight is 312 g/mol. The number of halogens is 2. The predicted molar refractivity (Wildman–Crippen MR) is 79.0 cm³/mol. The van der Waals surface area contributed by atoms with Crippen LogP contribution in [0.5, 0.6) is 0 Å². The molecule has 8 heteroatoms. The van der Waals surface area contributed by atoms with Gasteiger partial charge in [0.1, 0.15) is 11.4 Å². The molecule has 1 saturated heterocycles. The van der Waals surface area contributed by atoms with E-state index in [4.69, 9.17) is 10.3 Å². The summed E-state index contributed by atoms with van der Waals surface area (Å²) in [6, 6.07) is 0.561. The highest BCUT2D eigenvalue weighted by atomic mass is 35.5. The second-order valence-electron chi connectivity index (χ2n) is 5.49. The van der Waals surface area contributed by atoms with Crippen LogP contribution in [0.25, 0.3) is 5.73 Å². The molecule has 0 amide bonds. The lowest BCUT2D eigenvalue weighted by Gasteiger charge is -2.43. The minimum atomic E-state index is -0.0174. The monoisotopic (exact) mass is 311 g/mol. The van der Waals surface area contributed by atoms with E-state index in [1.54, 1.807) is 11.0 Å². The number of piperazine rings is 1. The van der Waals surface area contributed by atoms with Crippen molar-refractivity contribution >= 4 is 30.7 Å². The van der Waals surface area contributed by atoms with Gasteiger partial charge in [0.2, 0.25) is 5.27 Å². The zero-order valence-electron chi connectivity index (χ0n) is 11.8. The van der Waals surface area contributed by atoms with Crippen LogP contribution in [0.15, 0.2) is 10.7 Å². The van der Waals surface area contributed by atoms with Crippen LogP contribution in [0, 0.1) is 0 Å². The van der Waals surface area contributed by atoms with Gasteiger partial charge in [0.05, 0.1) is 11.3 Å². The van der Waals surface area contributed by atoms with Gasteiger partial charge < -0.3 is 10.3 Å². The van der Waals surface area contributed by atoms with Gasteiger partial charge in [-0.2, -0.15) is 0 Å². The van der Waals surface area contributed by atoms with E-state index in [1.165, 1.54) is 0 Å². The molecule has 1 aromatic rings. The molecule has 2 heterocycles. The van der Waals surface area contributed by atoms with Crippen molar-refractivity contribution in [1.29, 1.82) is 0 Å². The minimum absolute atomic E-state index is 0. The van der Waals surface area contributed by atoms with Crippen molar-refractivity contribution in [2.45, 2.75) is 39.3 Å². The zero-order valence-corrected chi connectivity index (χ0v) is 13.4. The minimum Gasteiger partial charge on any atom is -0.660 e. The molecule has 0 atom stereocenters. The summed E-state index contributed by atoms with van der Waals surface area (Å²) in [6.07, 6.45) is 1.60. The van der Waals surface area contributed by atoms with Gasteiger partial charge in [0.15, 0.2) is 0 Å². The van der Waals surface area contributed by atoms with Crippen LogP contribution in [-0.4, -0.2) is 41.4 Å². The fraction of sp³-hybridized carbons (Fsp3) is 0.818. The molecule has 19 heavy (non-hydrogen) atoms. The number of nitrogens with one attached hydrogen (secondary N) is 1. The fourth-order valence-electron chi connectivity index (χ4n) is 2.36. The number of aromatic nitrogens is 2. The smallest absolute Gasteiger partial charge is 0.256 e. The molecule has 1 fully saturated rings. The van der Waals surface area contributed by atoms with E-state index in [-0.39, 0.29) is 36.2 Å². The lowest BCUT2D eigenvalue weighted by Crippen LogP contribution is -2.74. The first-order valence-corrected chi connectivity index (χ1v) is 6.02. The first-order valence-electron chi connectivity index (χ1n) is 6.02. The summed E-state index contributed by atoms with van der Waals surface area (Å²) < 4.78 is 4.81. The first kappa shape index (κ1) is 18.3. The molecule has 6 nitrogen and oxygen atoms in total. The Morgan fingerprint density at radius 2 is 2.00 bits per heavy atom. The molecule has 112 valence electrons. The van der Waals surface area contributed by atoms with Gasteiger partial charge in [-0.3, -0.25) is 4.90 Å². The fourth-order valence-corrected chi connectivity index (χ4v) is 2.36. The Morgan fingerprint density at radius 3 is 2.42 bits per heavy atom. The van der Waals surface area contributed by atoms with Gasteiger partial charge in [-0.25, -0.2) is 0 Å². The largest absolute Gasteiger partial charge is 0.660 e.